The van der Waals surface area contributed by atoms with E-state index in [0.717, 1.165) is 50.4 Å². The van der Waals surface area contributed by atoms with Crippen molar-refractivity contribution in [1.29, 1.82) is 0 Å². The molecule has 102 valence electrons. The third-order valence-corrected chi connectivity index (χ3v) is 4.44. The molecule has 18 heavy (non-hydrogen) atoms. The molecule has 1 aromatic heterocycles. The van der Waals surface area contributed by atoms with Crippen molar-refractivity contribution < 1.29 is 4.74 Å². The fourth-order valence-corrected chi connectivity index (χ4v) is 2.86. The Balaban J connectivity index is 2.15. The van der Waals surface area contributed by atoms with Gasteiger partial charge in [0.05, 0.1) is 13.2 Å². The largest absolute Gasteiger partial charge is 0.378 e. The van der Waals surface area contributed by atoms with E-state index in [9.17, 15) is 0 Å². The smallest absolute Gasteiger partial charge is 0.228 e. The first kappa shape index (κ1) is 13.7. The third kappa shape index (κ3) is 2.98. The Hall–Kier alpha value is -0.750. The number of aromatic nitrogens is 3. The first-order valence-electron chi connectivity index (χ1n) is 6.68. The standard InChI is InChI=1S/C12H22N4OS/c1-4-10(3)18-12-14-13-11(16(12)5-2)15-6-8-17-9-7-15/h10H,4-9H2,1-3H3. The van der Waals surface area contributed by atoms with Gasteiger partial charge in [0.15, 0.2) is 5.16 Å². The summed E-state index contributed by atoms with van der Waals surface area (Å²) >= 11 is 1.81. The molecule has 0 aliphatic carbocycles. The van der Waals surface area contributed by atoms with Gasteiger partial charge in [0.1, 0.15) is 0 Å². The molecule has 0 saturated carbocycles. The Morgan fingerprint density at radius 1 is 1.28 bits per heavy atom. The molecule has 0 bridgehead atoms. The normalized spacial score (nSPS) is 18.1. The van der Waals surface area contributed by atoms with Gasteiger partial charge in [0, 0.05) is 24.9 Å². The summed E-state index contributed by atoms with van der Waals surface area (Å²) in [5, 5.41) is 10.3. The van der Waals surface area contributed by atoms with Crippen LogP contribution in [0.1, 0.15) is 27.2 Å². The summed E-state index contributed by atoms with van der Waals surface area (Å²) in [6, 6.07) is 0. The molecule has 6 heteroatoms. The number of anilines is 1. The second kappa shape index (κ2) is 6.43. The molecule has 0 N–H and O–H groups in total. The predicted molar refractivity (Wildman–Crippen MR) is 74.3 cm³/mol. The molecule has 2 heterocycles. The lowest BCUT2D eigenvalue weighted by Crippen LogP contribution is -2.38. The van der Waals surface area contributed by atoms with Crippen LogP contribution in [0.4, 0.5) is 5.95 Å². The molecule has 1 atom stereocenters. The van der Waals surface area contributed by atoms with Crippen molar-refractivity contribution in [3.05, 3.63) is 0 Å². The Bertz CT molecular complexity index is 376. The molecular formula is C12H22N4OS. The Morgan fingerprint density at radius 3 is 2.61 bits per heavy atom. The van der Waals surface area contributed by atoms with E-state index in [4.69, 9.17) is 4.74 Å². The summed E-state index contributed by atoms with van der Waals surface area (Å²) in [4.78, 5) is 2.26. The molecule has 0 aromatic carbocycles. The van der Waals surface area contributed by atoms with Crippen LogP contribution in [-0.2, 0) is 11.3 Å². The van der Waals surface area contributed by atoms with Crippen LogP contribution >= 0.6 is 11.8 Å². The highest BCUT2D eigenvalue weighted by Crippen LogP contribution is 2.26. The molecule has 1 aliphatic rings. The molecule has 0 amide bonds. The van der Waals surface area contributed by atoms with Gasteiger partial charge in [-0.15, -0.1) is 10.2 Å². The monoisotopic (exact) mass is 270 g/mol. The average molecular weight is 270 g/mol. The lowest BCUT2D eigenvalue weighted by Gasteiger charge is -2.27. The minimum absolute atomic E-state index is 0.581. The fourth-order valence-electron chi connectivity index (χ4n) is 1.91. The van der Waals surface area contributed by atoms with Crippen LogP contribution in [0, 0.1) is 0 Å². The van der Waals surface area contributed by atoms with E-state index in [1.54, 1.807) is 0 Å². The number of thioether (sulfide) groups is 1. The molecule has 2 rings (SSSR count). The summed E-state index contributed by atoms with van der Waals surface area (Å²) in [6.07, 6.45) is 1.15. The summed E-state index contributed by atoms with van der Waals surface area (Å²) < 4.78 is 7.59. The lowest BCUT2D eigenvalue weighted by molar-refractivity contribution is 0.121. The maximum absolute atomic E-state index is 5.38. The van der Waals surface area contributed by atoms with Gasteiger partial charge in [-0.25, -0.2) is 0 Å². The van der Waals surface area contributed by atoms with Crippen LogP contribution in [-0.4, -0.2) is 46.3 Å². The second-order valence-electron chi connectivity index (χ2n) is 4.46. The third-order valence-electron chi connectivity index (χ3n) is 3.19. The van der Waals surface area contributed by atoms with Crippen molar-refractivity contribution >= 4 is 17.7 Å². The zero-order valence-corrected chi connectivity index (χ0v) is 12.2. The van der Waals surface area contributed by atoms with Crippen LogP contribution in [0.5, 0.6) is 0 Å². The van der Waals surface area contributed by atoms with E-state index in [1.165, 1.54) is 0 Å². The Labute approximate surface area is 113 Å². The minimum atomic E-state index is 0.581. The van der Waals surface area contributed by atoms with Crippen molar-refractivity contribution in [2.45, 2.75) is 44.1 Å². The molecule has 1 aliphatic heterocycles. The number of rotatable bonds is 5. The Kier molecular flexibility index (Phi) is 4.88. The Morgan fingerprint density at radius 2 is 2.00 bits per heavy atom. The zero-order chi connectivity index (χ0) is 13.0. The highest BCUT2D eigenvalue weighted by atomic mass is 32.2. The number of hydrogen-bond acceptors (Lipinski definition) is 5. The van der Waals surface area contributed by atoms with Gasteiger partial charge in [-0.05, 0) is 13.3 Å². The fraction of sp³-hybridized carbons (Fsp3) is 0.833. The molecule has 1 unspecified atom stereocenters. The van der Waals surface area contributed by atoms with Crippen molar-refractivity contribution in [3.8, 4) is 0 Å². The molecule has 1 fully saturated rings. The molecule has 1 aromatic rings. The first-order valence-corrected chi connectivity index (χ1v) is 7.56. The summed E-state index contributed by atoms with van der Waals surface area (Å²) in [5.74, 6) is 0.992. The van der Waals surface area contributed by atoms with Gasteiger partial charge in [0.2, 0.25) is 5.95 Å². The van der Waals surface area contributed by atoms with Crippen LogP contribution in [0.2, 0.25) is 0 Å². The van der Waals surface area contributed by atoms with Gasteiger partial charge in [0.25, 0.3) is 0 Å². The quantitative estimate of drug-likeness (QED) is 0.766. The van der Waals surface area contributed by atoms with Gasteiger partial charge in [-0.3, -0.25) is 4.57 Å². The number of morpholine rings is 1. The average Bonchev–Trinajstić information content (AvgIpc) is 2.82. The van der Waals surface area contributed by atoms with Gasteiger partial charge >= 0.3 is 0 Å². The highest BCUT2D eigenvalue weighted by molar-refractivity contribution is 7.99. The van der Waals surface area contributed by atoms with Gasteiger partial charge < -0.3 is 9.64 Å². The van der Waals surface area contributed by atoms with E-state index in [-0.39, 0.29) is 0 Å². The van der Waals surface area contributed by atoms with Crippen molar-refractivity contribution in [3.63, 3.8) is 0 Å². The van der Waals surface area contributed by atoms with Crippen molar-refractivity contribution in [1.82, 2.24) is 14.8 Å². The van der Waals surface area contributed by atoms with E-state index < -0.39 is 0 Å². The van der Waals surface area contributed by atoms with E-state index in [2.05, 4.69) is 40.4 Å². The molecule has 0 spiro atoms. The van der Waals surface area contributed by atoms with Crippen molar-refractivity contribution in [2.75, 3.05) is 31.2 Å². The maximum atomic E-state index is 5.38. The first-order chi connectivity index (χ1) is 8.76. The SMILES string of the molecule is CCC(C)Sc1nnc(N2CCOCC2)n1CC. The zero-order valence-electron chi connectivity index (χ0n) is 11.4. The van der Waals surface area contributed by atoms with Crippen molar-refractivity contribution in [2.24, 2.45) is 0 Å². The van der Waals surface area contributed by atoms with Crippen LogP contribution in [0.3, 0.4) is 0 Å². The highest BCUT2D eigenvalue weighted by Gasteiger charge is 2.20. The number of nitrogens with zero attached hydrogens (tertiary/aromatic N) is 4. The van der Waals surface area contributed by atoms with Gasteiger partial charge in [-0.2, -0.15) is 0 Å². The summed E-state index contributed by atoms with van der Waals surface area (Å²) in [7, 11) is 0. The molecular weight excluding hydrogens is 248 g/mol. The van der Waals surface area contributed by atoms with Crippen LogP contribution < -0.4 is 4.90 Å². The maximum Gasteiger partial charge on any atom is 0.228 e. The molecule has 1 saturated heterocycles. The summed E-state index contributed by atoms with van der Waals surface area (Å²) in [6.45, 7) is 10.9. The van der Waals surface area contributed by atoms with Gasteiger partial charge in [-0.1, -0.05) is 25.6 Å². The van der Waals surface area contributed by atoms with E-state index in [0.29, 0.717) is 5.25 Å². The van der Waals surface area contributed by atoms with Crippen LogP contribution in [0.25, 0.3) is 0 Å². The van der Waals surface area contributed by atoms with E-state index in [1.807, 2.05) is 11.8 Å². The molecule has 5 nitrogen and oxygen atoms in total. The number of hydrogen-bond donors (Lipinski definition) is 0. The minimum Gasteiger partial charge on any atom is -0.378 e. The number of ether oxygens (including phenoxy) is 1. The summed E-state index contributed by atoms with van der Waals surface area (Å²) in [5.41, 5.74) is 0. The topological polar surface area (TPSA) is 43.2 Å². The molecule has 0 radical (unpaired) electrons. The lowest BCUT2D eigenvalue weighted by atomic mass is 10.4. The van der Waals surface area contributed by atoms with Crippen LogP contribution in [0.15, 0.2) is 5.16 Å². The predicted octanol–water partition coefficient (Wildman–Crippen LogP) is 2.03. The van der Waals surface area contributed by atoms with E-state index >= 15 is 0 Å². The second-order valence-corrected chi connectivity index (χ2v) is 5.87.